The molecule has 0 unspecified atom stereocenters. The number of carbonyl (C=O) groups is 4. The van der Waals surface area contributed by atoms with Crippen LogP contribution in [0.5, 0.6) is 5.75 Å². The predicted octanol–water partition coefficient (Wildman–Crippen LogP) is 1.08. The van der Waals surface area contributed by atoms with E-state index in [-0.39, 0.29) is 5.78 Å². The predicted molar refractivity (Wildman–Crippen MR) is 78.0 cm³/mol. The van der Waals surface area contributed by atoms with Crippen LogP contribution in [0, 0.1) is 0 Å². The monoisotopic (exact) mass is 323 g/mol. The zero-order chi connectivity index (χ0) is 17.4. The Morgan fingerprint density at radius 2 is 1.74 bits per heavy atom. The van der Waals surface area contributed by atoms with Gasteiger partial charge >= 0.3 is 12.1 Å². The van der Waals surface area contributed by atoms with Crippen LogP contribution in [-0.2, 0) is 19.1 Å². The van der Waals surface area contributed by atoms with Gasteiger partial charge in [-0.2, -0.15) is 0 Å². The number of imide groups is 1. The van der Waals surface area contributed by atoms with Crippen molar-refractivity contribution in [2.75, 3.05) is 13.7 Å². The fourth-order valence-corrected chi connectivity index (χ4v) is 1.47. The number of hydrogen-bond donors (Lipinski definition) is 1. The SMILES string of the molecule is COC(=O)NC(=O)[C@@H](C)OC(=O)COc1ccc(C(C)=O)cc1. The summed E-state index contributed by atoms with van der Waals surface area (Å²) >= 11 is 0. The molecule has 0 fully saturated rings. The minimum Gasteiger partial charge on any atom is -0.482 e. The molecule has 0 aliphatic carbocycles. The Labute approximate surface area is 132 Å². The summed E-state index contributed by atoms with van der Waals surface area (Å²) in [5.41, 5.74) is 0.521. The van der Waals surface area contributed by atoms with Gasteiger partial charge in [0.2, 0.25) is 0 Å². The maximum atomic E-state index is 11.6. The molecule has 1 atom stereocenters. The van der Waals surface area contributed by atoms with Crippen molar-refractivity contribution in [2.45, 2.75) is 20.0 Å². The highest BCUT2D eigenvalue weighted by Crippen LogP contribution is 2.12. The van der Waals surface area contributed by atoms with Crippen molar-refractivity contribution in [3.05, 3.63) is 29.8 Å². The molecule has 0 saturated carbocycles. The number of Topliss-reactive ketones (excluding diaryl/α,β-unsaturated/α-hetero) is 1. The average Bonchev–Trinajstić information content (AvgIpc) is 2.52. The van der Waals surface area contributed by atoms with Crippen molar-refractivity contribution in [1.29, 1.82) is 0 Å². The third-order valence-corrected chi connectivity index (χ3v) is 2.71. The van der Waals surface area contributed by atoms with Crippen LogP contribution in [0.3, 0.4) is 0 Å². The first kappa shape index (κ1) is 18.1. The zero-order valence-electron chi connectivity index (χ0n) is 13.0. The highest BCUT2D eigenvalue weighted by atomic mass is 16.6. The van der Waals surface area contributed by atoms with E-state index in [4.69, 9.17) is 9.47 Å². The molecule has 1 rings (SSSR count). The van der Waals surface area contributed by atoms with Crippen molar-refractivity contribution >= 4 is 23.8 Å². The van der Waals surface area contributed by atoms with Crippen molar-refractivity contribution in [2.24, 2.45) is 0 Å². The number of benzene rings is 1. The first-order valence-corrected chi connectivity index (χ1v) is 6.65. The van der Waals surface area contributed by atoms with Gasteiger partial charge in [-0.15, -0.1) is 0 Å². The number of esters is 1. The molecular formula is C15H17NO7. The van der Waals surface area contributed by atoms with E-state index in [2.05, 4.69) is 4.74 Å². The van der Waals surface area contributed by atoms with E-state index in [0.29, 0.717) is 11.3 Å². The van der Waals surface area contributed by atoms with Gasteiger partial charge < -0.3 is 14.2 Å². The maximum Gasteiger partial charge on any atom is 0.413 e. The summed E-state index contributed by atoms with van der Waals surface area (Å²) in [4.78, 5) is 45.0. The van der Waals surface area contributed by atoms with Gasteiger partial charge in [0.15, 0.2) is 18.5 Å². The summed E-state index contributed by atoms with van der Waals surface area (Å²) in [6.07, 6.45) is -2.12. The first-order valence-electron chi connectivity index (χ1n) is 6.65. The number of ether oxygens (including phenoxy) is 3. The molecule has 1 N–H and O–H groups in total. The molecule has 8 nitrogen and oxygen atoms in total. The van der Waals surface area contributed by atoms with Crippen LogP contribution in [0.4, 0.5) is 4.79 Å². The molecule has 1 aromatic carbocycles. The van der Waals surface area contributed by atoms with Gasteiger partial charge in [0.25, 0.3) is 5.91 Å². The van der Waals surface area contributed by atoms with Crippen LogP contribution >= 0.6 is 0 Å². The third-order valence-electron chi connectivity index (χ3n) is 2.71. The minimum absolute atomic E-state index is 0.0820. The maximum absolute atomic E-state index is 11.6. The van der Waals surface area contributed by atoms with Crippen LogP contribution in [0.2, 0.25) is 0 Å². The largest absolute Gasteiger partial charge is 0.482 e. The molecule has 23 heavy (non-hydrogen) atoms. The molecular weight excluding hydrogens is 306 g/mol. The standard InChI is InChI=1S/C15H17NO7/c1-9(17)11-4-6-12(7-5-11)22-8-13(18)23-10(2)14(19)16-15(20)21-3/h4-7,10H,8H2,1-3H3,(H,16,19,20)/t10-/m1/s1. The van der Waals surface area contributed by atoms with Crippen LogP contribution in [0.25, 0.3) is 0 Å². The molecule has 0 bridgehead atoms. The molecule has 0 aromatic heterocycles. The highest BCUT2D eigenvalue weighted by molar-refractivity contribution is 5.95. The summed E-state index contributed by atoms with van der Waals surface area (Å²) in [6, 6.07) is 6.21. The van der Waals surface area contributed by atoms with Gasteiger partial charge in [0.1, 0.15) is 5.75 Å². The topological polar surface area (TPSA) is 108 Å². The number of nitrogens with one attached hydrogen (secondary N) is 1. The molecule has 0 heterocycles. The Balaban J connectivity index is 2.43. The van der Waals surface area contributed by atoms with Crippen molar-refractivity contribution in [3.8, 4) is 5.75 Å². The molecule has 0 aliphatic heterocycles. The fraction of sp³-hybridized carbons (Fsp3) is 0.333. The third kappa shape index (κ3) is 6.16. The number of hydrogen-bond acceptors (Lipinski definition) is 7. The Kier molecular flexibility index (Phi) is 6.72. The summed E-state index contributed by atoms with van der Waals surface area (Å²) in [6.45, 7) is 2.32. The Morgan fingerprint density at radius 1 is 1.13 bits per heavy atom. The van der Waals surface area contributed by atoms with E-state index in [1.807, 2.05) is 5.32 Å². The molecule has 0 spiro atoms. The summed E-state index contributed by atoms with van der Waals surface area (Å²) in [5.74, 6) is -1.30. The highest BCUT2D eigenvalue weighted by Gasteiger charge is 2.20. The van der Waals surface area contributed by atoms with E-state index in [9.17, 15) is 19.2 Å². The van der Waals surface area contributed by atoms with Crippen LogP contribution in [0.15, 0.2) is 24.3 Å². The number of rotatable bonds is 6. The lowest BCUT2D eigenvalue weighted by Crippen LogP contribution is -2.40. The Hall–Kier alpha value is -2.90. The normalized spacial score (nSPS) is 11.1. The smallest absolute Gasteiger partial charge is 0.413 e. The molecule has 124 valence electrons. The van der Waals surface area contributed by atoms with Gasteiger partial charge in [-0.05, 0) is 38.1 Å². The van der Waals surface area contributed by atoms with Gasteiger partial charge in [0, 0.05) is 5.56 Å². The van der Waals surface area contributed by atoms with Gasteiger partial charge in [-0.25, -0.2) is 9.59 Å². The number of carbonyl (C=O) groups excluding carboxylic acids is 4. The molecule has 0 aliphatic rings. The first-order chi connectivity index (χ1) is 10.8. The number of amides is 2. The number of methoxy groups -OCH3 is 1. The van der Waals surface area contributed by atoms with E-state index >= 15 is 0 Å². The summed E-state index contributed by atoms with van der Waals surface area (Å²) < 4.78 is 14.2. The van der Waals surface area contributed by atoms with E-state index in [0.717, 1.165) is 7.11 Å². The fourth-order valence-electron chi connectivity index (χ4n) is 1.47. The van der Waals surface area contributed by atoms with Crippen LogP contribution < -0.4 is 10.1 Å². The summed E-state index contributed by atoms with van der Waals surface area (Å²) in [5, 5.41) is 1.88. The van der Waals surface area contributed by atoms with Gasteiger partial charge in [0.05, 0.1) is 7.11 Å². The molecule has 1 aromatic rings. The Bertz CT molecular complexity index is 594. The van der Waals surface area contributed by atoms with E-state index < -0.39 is 30.7 Å². The number of ketones is 1. The summed E-state index contributed by atoms with van der Waals surface area (Å²) in [7, 11) is 1.10. The zero-order valence-corrected chi connectivity index (χ0v) is 13.0. The second kappa shape index (κ2) is 8.52. The van der Waals surface area contributed by atoms with E-state index in [1.54, 1.807) is 12.1 Å². The van der Waals surface area contributed by atoms with Gasteiger partial charge in [-0.3, -0.25) is 14.9 Å². The van der Waals surface area contributed by atoms with Crippen molar-refractivity contribution < 1.29 is 33.4 Å². The lowest BCUT2D eigenvalue weighted by atomic mass is 10.1. The molecule has 8 heteroatoms. The number of alkyl carbamates (subject to hydrolysis) is 1. The molecule has 2 amide bonds. The lowest BCUT2D eigenvalue weighted by molar-refractivity contribution is -0.156. The van der Waals surface area contributed by atoms with Gasteiger partial charge in [-0.1, -0.05) is 0 Å². The minimum atomic E-state index is -1.18. The average molecular weight is 323 g/mol. The van der Waals surface area contributed by atoms with E-state index in [1.165, 1.54) is 26.0 Å². The second-order valence-corrected chi connectivity index (χ2v) is 4.48. The van der Waals surface area contributed by atoms with Crippen molar-refractivity contribution in [1.82, 2.24) is 5.32 Å². The molecule has 0 radical (unpaired) electrons. The Morgan fingerprint density at radius 3 is 2.26 bits per heavy atom. The lowest BCUT2D eigenvalue weighted by Gasteiger charge is -2.12. The second-order valence-electron chi connectivity index (χ2n) is 4.48. The van der Waals surface area contributed by atoms with Crippen molar-refractivity contribution in [3.63, 3.8) is 0 Å². The van der Waals surface area contributed by atoms with Crippen LogP contribution in [0.1, 0.15) is 24.2 Å². The molecule has 0 saturated heterocycles. The quantitative estimate of drug-likeness (QED) is 0.616. The van der Waals surface area contributed by atoms with Crippen LogP contribution in [-0.4, -0.2) is 43.6 Å².